The second-order valence-electron chi connectivity index (χ2n) is 6.51. The van der Waals surface area contributed by atoms with Crippen LogP contribution in [0.4, 0.5) is 0 Å². The Morgan fingerprint density at radius 2 is 1.85 bits per heavy atom. The standard InChI is InChI=1S/C16H27NO3/c1-11(2)6-5-7-13(18)8-9-17-15(19)10-14(12(3)4)16(17)20/h11-12,14H,5-10H2,1-4H3. The number of nitrogens with zero attached hydrogens (tertiary/aromatic N) is 1. The summed E-state index contributed by atoms with van der Waals surface area (Å²) in [5, 5.41) is 0. The molecule has 1 aliphatic heterocycles. The maximum absolute atomic E-state index is 12.1. The van der Waals surface area contributed by atoms with Crippen molar-refractivity contribution in [2.75, 3.05) is 6.54 Å². The van der Waals surface area contributed by atoms with E-state index in [0.717, 1.165) is 12.8 Å². The Morgan fingerprint density at radius 1 is 1.20 bits per heavy atom. The van der Waals surface area contributed by atoms with Gasteiger partial charge in [0.1, 0.15) is 5.78 Å². The molecule has 1 unspecified atom stereocenters. The van der Waals surface area contributed by atoms with E-state index in [1.165, 1.54) is 4.90 Å². The molecular formula is C16H27NO3. The molecule has 0 N–H and O–H groups in total. The average Bonchev–Trinajstić information content (AvgIpc) is 2.62. The van der Waals surface area contributed by atoms with E-state index in [4.69, 9.17) is 0 Å². The molecule has 1 aliphatic rings. The second kappa shape index (κ2) is 7.55. The van der Waals surface area contributed by atoms with Crippen LogP contribution in [0.1, 0.15) is 59.8 Å². The minimum absolute atomic E-state index is 0.0972. The first-order valence-corrected chi connectivity index (χ1v) is 7.68. The lowest BCUT2D eigenvalue weighted by Gasteiger charge is -2.16. The lowest BCUT2D eigenvalue weighted by Crippen LogP contribution is -2.33. The Balaban J connectivity index is 2.36. The van der Waals surface area contributed by atoms with E-state index < -0.39 is 0 Å². The van der Waals surface area contributed by atoms with Crippen LogP contribution in [0.25, 0.3) is 0 Å². The minimum atomic E-state index is -0.196. The van der Waals surface area contributed by atoms with E-state index in [-0.39, 0.29) is 36.0 Å². The van der Waals surface area contributed by atoms with Crippen LogP contribution in [0.3, 0.4) is 0 Å². The Bertz CT molecular complexity index is 374. The fraction of sp³-hybridized carbons (Fsp3) is 0.812. The van der Waals surface area contributed by atoms with Gasteiger partial charge in [0.2, 0.25) is 11.8 Å². The Labute approximate surface area is 121 Å². The maximum atomic E-state index is 12.1. The summed E-state index contributed by atoms with van der Waals surface area (Å²) < 4.78 is 0. The van der Waals surface area contributed by atoms with Crippen molar-refractivity contribution in [3.8, 4) is 0 Å². The van der Waals surface area contributed by atoms with Gasteiger partial charge in [-0.1, -0.05) is 34.1 Å². The fourth-order valence-corrected chi connectivity index (χ4v) is 2.53. The predicted molar refractivity (Wildman–Crippen MR) is 78.0 cm³/mol. The minimum Gasteiger partial charge on any atom is -0.300 e. The molecule has 20 heavy (non-hydrogen) atoms. The molecule has 4 nitrogen and oxygen atoms in total. The third-order valence-corrected chi connectivity index (χ3v) is 3.93. The molecule has 0 bridgehead atoms. The first-order chi connectivity index (χ1) is 9.32. The fourth-order valence-electron chi connectivity index (χ4n) is 2.53. The number of likely N-dealkylation sites (tertiary alicyclic amines) is 1. The Hall–Kier alpha value is -1.19. The zero-order valence-electron chi connectivity index (χ0n) is 13.1. The second-order valence-corrected chi connectivity index (χ2v) is 6.51. The van der Waals surface area contributed by atoms with Gasteiger partial charge < -0.3 is 0 Å². The molecule has 0 radical (unpaired) electrons. The lowest BCUT2D eigenvalue weighted by atomic mass is 9.94. The van der Waals surface area contributed by atoms with Crippen LogP contribution in [-0.4, -0.2) is 29.0 Å². The highest BCUT2D eigenvalue weighted by molar-refractivity contribution is 6.03. The molecule has 1 rings (SSSR count). The first-order valence-electron chi connectivity index (χ1n) is 7.68. The monoisotopic (exact) mass is 281 g/mol. The molecule has 0 saturated carbocycles. The molecule has 0 aromatic heterocycles. The van der Waals surface area contributed by atoms with Crippen LogP contribution in [0, 0.1) is 17.8 Å². The summed E-state index contributed by atoms with van der Waals surface area (Å²) in [5.74, 6) is 0.524. The van der Waals surface area contributed by atoms with Gasteiger partial charge in [0.15, 0.2) is 0 Å². The summed E-state index contributed by atoms with van der Waals surface area (Å²) in [6.45, 7) is 8.45. The van der Waals surface area contributed by atoms with Gasteiger partial charge in [-0.05, 0) is 18.3 Å². The maximum Gasteiger partial charge on any atom is 0.233 e. The number of hydrogen-bond donors (Lipinski definition) is 0. The summed E-state index contributed by atoms with van der Waals surface area (Å²) >= 11 is 0. The third kappa shape index (κ3) is 4.73. The van der Waals surface area contributed by atoms with Crippen LogP contribution in [0.15, 0.2) is 0 Å². The van der Waals surface area contributed by atoms with Crippen LogP contribution >= 0.6 is 0 Å². The van der Waals surface area contributed by atoms with Crippen molar-refractivity contribution in [2.24, 2.45) is 17.8 Å². The molecule has 0 spiro atoms. The van der Waals surface area contributed by atoms with Crippen molar-refractivity contribution in [2.45, 2.75) is 59.8 Å². The van der Waals surface area contributed by atoms with Gasteiger partial charge in [-0.25, -0.2) is 0 Å². The zero-order valence-corrected chi connectivity index (χ0v) is 13.1. The highest BCUT2D eigenvalue weighted by Crippen LogP contribution is 2.26. The molecule has 1 atom stereocenters. The average molecular weight is 281 g/mol. The number of amides is 2. The third-order valence-electron chi connectivity index (χ3n) is 3.93. The van der Waals surface area contributed by atoms with E-state index in [2.05, 4.69) is 13.8 Å². The van der Waals surface area contributed by atoms with Crippen molar-refractivity contribution >= 4 is 17.6 Å². The van der Waals surface area contributed by atoms with Gasteiger partial charge in [-0.2, -0.15) is 0 Å². The lowest BCUT2D eigenvalue weighted by molar-refractivity contribution is -0.139. The molecular weight excluding hydrogens is 254 g/mol. The summed E-state index contributed by atoms with van der Waals surface area (Å²) in [7, 11) is 0. The molecule has 1 saturated heterocycles. The van der Waals surface area contributed by atoms with E-state index in [1.807, 2.05) is 13.8 Å². The Morgan fingerprint density at radius 3 is 2.35 bits per heavy atom. The molecule has 4 heteroatoms. The number of hydrogen-bond acceptors (Lipinski definition) is 3. The van der Waals surface area contributed by atoms with E-state index >= 15 is 0 Å². The summed E-state index contributed by atoms with van der Waals surface area (Å²) in [5.41, 5.74) is 0. The molecule has 1 heterocycles. The van der Waals surface area contributed by atoms with E-state index in [1.54, 1.807) is 0 Å². The van der Waals surface area contributed by atoms with Gasteiger partial charge in [-0.15, -0.1) is 0 Å². The smallest absolute Gasteiger partial charge is 0.233 e. The number of rotatable bonds is 8. The van der Waals surface area contributed by atoms with Crippen LogP contribution in [0.2, 0.25) is 0 Å². The van der Waals surface area contributed by atoms with Crippen LogP contribution in [-0.2, 0) is 14.4 Å². The van der Waals surface area contributed by atoms with Crippen LogP contribution in [0.5, 0.6) is 0 Å². The van der Waals surface area contributed by atoms with Gasteiger partial charge in [0.25, 0.3) is 0 Å². The summed E-state index contributed by atoms with van der Waals surface area (Å²) in [4.78, 5) is 36.9. The Kier molecular flexibility index (Phi) is 6.37. The van der Waals surface area contributed by atoms with Crippen molar-refractivity contribution in [1.82, 2.24) is 4.90 Å². The predicted octanol–water partition coefficient (Wildman–Crippen LogP) is 2.80. The summed E-state index contributed by atoms with van der Waals surface area (Å²) in [6.07, 6.45) is 3.11. The van der Waals surface area contributed by atoms with Crippen molar-refractivity contribution in [1.29, 1.82) is 0 Å². The van der Waals surface area contributed by atoms with E-state index in [9.17, 15) is 14.4 Å². The van der Waals surface area contributed by atoms with Gasteiger partial charge in [-0.3, -0.25) is 19.3 Å². The summed E-state index contributed by atoms with van der Waals surface area (Å²) in [6, 6.07) is 0. The number of carbonyl (C=O) groups is 3. The highest BCUT2D eigenvalue weighted by Gasteiger charge is 2.39. The van der Waals surface area contributed by atoms with Crippen molar-refractivity contribution < 1.29 is 14.4 Å². The zero-order chi connectivity index (χ0) is 15.3. The quantitative estimate of drug-likeness (QED) is 0.643. The SMILES string of the molecule is CC(C)CCCC(=O)CCN1C(=O)CC(C(C)C)C1=O. The molecule has 0 aliphatic carbocycles. The van der Waals surface area contributed by atoms with Gasteiger partial charge in [0, 0.05) is 31.7 Å². The van der Waals surface area contributed by atoms with Crippen LogP contribution < -0.4 is 0 Å². The largest absolute Gasteiger partial charge is 0.300 e. The van der Waals surface area contributed by atoms with Crippen molar-refractivity contribution in [3.63, 3.8) is 0 Å². The molecule has 1 fully saturated rings. The first kappa shape index (κ1) is 16.9. The highest BCUT2D eigenvalue weighted by atomic mass is 16.2. The normalized spacial score (nSPS) is 19.5. The van der Waals surface area contributed by atoms with Crippen molar-refractivity contribution in [3.05, 3.63) is 0 Å². The number of ketones is 1. The van der Waals surface area contributed by atoms with E-state index in [0.29, 0.717) is 25.2 Å². The molecule has 0 aromatic carbocycles. The molecule has 2 amide bonds. The topological polar surface area (TPSA) is 54.5 Å². The number of carbonyl (C=O) groups excluding carboxylic acids is 3. The number of imide groups is 1. The van der Waals surface area contributed by atoms with Gasteiger partial charge >= 0.3 is 0 Å². The molecule has 114 valence electrons. The molecule has 0 aromatic rings. The number of Topliss-reactive ketones (excluding diaryl/α,β-unsaturated/α-hetero) is 1. The van der Waals surface area contributed by atoms with Gasteiger partial charge in [0.05, 0.1) is 0 Å².